The molecule has 3 heteroatoms. The second-order valence-electron chi connectivity index (χ2n) is 3.51. The van der Waals surface area contributed by atoms with E-state index in [2.05, 4.69) is 58.9 Å². The number of nitrogens with zero attached hydrogens (tertiary/aromatic N) is 2. The molecule has 0 radical (unpaired) electrons. The van der Waals surface area contributed by atoms with Gasteiger partial charge in [0.05, 0.1) is 6.54 Å². The summed E-state index contributed by atoms with van der Waals surface area (Å²) in [7, 11) is 0. The summed E-state index contributed by atoms with van der Waals surface area (Å²) in [6.07, 6.45) is 3.11. The summed E-state index contributed by atoms with van der Waals surface area (Å²) in [5.41, 5.74) is 2.68. The van der Waals surface area contributed by atoms with E-state index < -0.39 is 0 Å². The first-order valence-corrected chi connectivity index (χ1v) is 6.12. The molecule has 0 aliphatic heterocycles. The Bertz CT molecular complexity index is 431. The van der Waals surface area contributed by atoms with Crippen LogP contribution in [0.1, 0.15) is 18.1 Å². The third-order valence-corrected chi connectivity index (χ3v) is 2.96. The molecule has 0 spiro atoms. The lowest BCUT2D eigenvalue weighted by Crippen LogP contribution is -2.00. The molecule has 0 N–H and O–H groups in total. The first-order chi connectivity index (χ1) is 7.28. The van der Waals surface area contributed by atoms with Gasteiger partial charge in [0.2, 0.25) is 0 Å². The van der Waals surface area contributed by atoms with E-state index in [1.54, 1.807) is 0 Å². The maximum Gasteiger partial charge on any atom is 0.123 e. The van der Waals surface area contributed by atoms with Gasteiger partial charge in [0, 0.05) is 6.20 Å². The first-order valence-electron chi connectivity index (χ1n) is 5.04. The molecular formula is C12H13IN2. The van der Waals surface area contributed by atoms with Crippen molar-refractivity contribution in [3.63, 3.8) is 0 Å². The van der Waals surface area contributed by atoms with Crippen LogP contribution in [0.15, 0.2) is 36.5 Å². The zero-order valence-electron chi connectivity index (χ0n) is 8.65. The molecule has 0 aliphatic carbocycles. The SMILES string of the molecule is CCc1ccc(Cn2ccc(I)n2)cc1. The average molecular weight is 312 g/mol. The van der Waals surface area contributed by atoms with Crippen molar-refractivity contribution in [1.82, 2.24) is 9.78 Å². The van der Waals surface area contributed by atoms with Gasteiger partial charge in [0.15, 0.2) is 0 Å². The molecule has 1 aromatic heterocycles. The summed E-state index contributed by atoms with van der Waals surface area (Å²) in [4.78, 5) is 0. The minimum atomic E-state index is 0.854. The van der Waals surface area contributed by atoms with Crippen LogP contribution < -0.4 is 0 Å². The van der Waals surface area contributed by atoms with E-state index in [4.69, 9.17) is 0 Å². The van der Waals surface area contributed by atoms with E-state index in [9.17, 15) is 0 Å². The Balaban J connectivity index is 2.11. The highest BCUT2D eigenvalue weighted by Crippen LogP contribution is 2.07. The zero-order valence-corrected chi connectivity index (χ0v) is 10.8. The molecule has 2 nitrogen and oxygen atoms in total. The van der Waals surface area contributed by atoms with Crippen molar-refractivity contribution < 1.29 is 0 Å². The minimum Gasteiger partial charge on any atom is -0.267 e. The molecule has 1 aromatic carbocycles. The minimum absolute atomic E-state index is 0.854. The van der Waals surface area contributed by atoms with Gasteiger partial charge in [0.25, 0.3) is 0 Å². The quantitative estimate of drug-likeness (QED) is 0.796. The Morgan fingerprint density at radius 3 is 2.33 bits per heavy atom. The lowest BCUT2D eigenvalue weighted by Gasteiger charge is -2.02. The van der Waals surface area contributed by atoms with Crippen LogP contribution in [0.2, 0.25) is 0 Å². The molecule has 78 valence electrons. The van der Waals surface area contributed by atoms with Crippen molar-refractivity contribution in [3.8, 4) is 0 Å². The topological polar surface area (TPSA) is 17.8 Å². The molecular weight excluding hydrogens is 299 g/mol. The predicted octanol–water partition coefficient (Wildman–Crippen LogP) is 3.10. The smallest absolute Gasteiger partial charge is 0.123 e. The van der Waals surface area contributed by atoms with E-state index in [1.807, 2.05) is 16.9 Å². The monoisotopic (exact) mass is 312 g/mol. The lowest BCUT2D eigenvalue weighted by atomic mass is 10.1. The molecule has 0 atom stereocenters. The number of aromatic nitrogens is 2. The first kappa shape index (κ1) is 10.7. The highest BCUT2D eigenvalue weighted by molar-refractivity contribution is 14.1. The molecule has 0 bridgehead atoms. The highest BCUT2D eigenvalue weighted by atomic mass is 127. The molecule has 0 unspecified atom stereocenters. The Labute approximate surface area is 103 Å². The second-order valence-corrected chi connectivity index (χ2v) is 4.61. The van der Waals surface area contributed by atoms with Gasteiger partial charge < -0.3 is 0 Å². The number of hydrogen-bond acceptors (Lipinski definition) is 1. The average Bonchev–Trinajstić information content (AvgIpc) is 2.65. The van der Waals surface area contributed by atoms with Crippen LogP contribution >= 0.6 is 22.6 Å². The molecule has 1 heterocycles. The molecule has 0 fully saturated rings. The fourth-order valence-corrected chi connectivity index (χ4v) is 1.93. The second kappa shape index (κ2) is 4.79. The maximum absolute atomic E-state index is 4.35. The maximum atomic E-state index is 4.35. The van der Waals surface area contributed by atoms with Crippen LogP contribution in [0.25, 0.3) is 0 Å². The summed E-state index contributed by atoms with van der Waals surface area (Å²) >= 11 is 2.22. The molecule has 2 rings (SSSR count). The van der Waals surface area contributed by atoms with Crippen LogP contribution in [0, 0.1) is 3.70 Å². The largest absolute Gasteiger partial charge is 0.267 e. The summed E-state index contributed by atoms with van der Waals surface area (Å²) in [6, 6.07) is 10.7. The van der Waals surface area contributed by atoms with Gasteiger partial charge in [-0.05, 0) is 46.2 Å². The van der Waals surface area contributed by atoms with Crippen LogP contribution in [-0.4, -0.2) is 9.78 Å². The van der Waals surface area contributed by atoms with Crippen LogP contribution in [0.3, 0.4) is 0 Å². The fraction of sp³-hybridized carbons (Fsp3) is 0.250. The number of rotatable bonds is 3. The Morgan fingerprint density at radius 2 is 1.80 bits per heavy atom. The van der Waals surface area contributed by atoms with Crippen molar-refractivity contribution in [1.29, 1.82) is 0 Å². The van der Waals surface area contributed by atoms with E-state index in [0.29, 0.717) is 0 Å². The summed E-state index contributed by atoms with van der Waals surface area (Å²) in [5.74, 6) is 0. The van der Waals surface area contributed by atoms with Crippen molar-refractivity contribution in [3.05, 3.63) is 51.4 Å². The zero-order chi connectivity index (χ0) is 10.7. The van der Waals surface area contributed by atoms with E-state index in [0.717, 1.165) is 16.7 Å². The fourth-order valence-electron chi connectivity index (χ4n) is 1.49. The Hall–Kier alpha value is -0.840. The molecule has 2 aromatic rings. The van der Waals surface area contributed by atoms with Gasteiger partial charge >= 0.3 is 0 Å². The predicted molar refractivity (Wildman–Crippen MR) is 69.9 cm³/mol. The normalized spacial score (nSPS) is 10.5. The molecule has 0 saturated carbocycles. The highest BCUT2D eigenvalue weighted by Gasteiger charge is 1.97. The van der Waals surface area contributed by atoms with Crippen molar-refractivity contribution >= 4 is 22.6 Å². The number of aryl methyl sites for hydroxylation is 1. The number of halogens is 1. The van der Waals surface area contributed by atoms with Crippen LogP contribution in [0.4, 0.5) is 0 Å². The van der Waals surface area contributed by atoms with Gasteiger partial charge in [-0.3, -0.25) is 4.68 Å². The third-order valence-electron chi connectivity index (χ3n) is 2.38. The van der Waals surface area contributed by atoms with Gasteiger partial charge in [-0.1, -0.05) is 31.2 Å². The van der Waals surface area contributed by atoms with Gasteiger partial charge in [-0.2, -0.15) is 5.10 Å². The number of benzene rings is 1. The third kappa shape index (κ3) is 2.81. The summed E-state index contributed by atoms with van der Waals surface area (Å²) < 4.78 is 3.00. The summed E-state index contributed by atoms with van der Waals surface area (Å²) in [6.45, 7) is 3.03. The van der Waals surface area contributed by atoms with Crippen molar-refractivity contribution in [2.45, 2.75) is 19.9 Å². The van der Waals surface area contributed by atoms with Crippen LogP contribution in [0.5, 0.6) is 0 Å². The van der Waals surface area contributed by atoms with E-state index in [1.165, 1.54) is 11.1 Å². The summed E-state index contributed by atoms with van der Waals surface area (Å²) in [5, 5.41) is 4.35. The van der Waals surface area contributed by atoms with Gasteiger partial charge in [0.1, 0.15) is 3.70 Å². The van der Waals surface area contributed by atoms with E-state index in [-0.39, 0.29) is 0 Å². The standard InChI is InChI=1S/C12H13IN2/c1-2-10-3-5-11(6-4-10)9-15-8-7-12(13)14-15/h3-8H,2,9H2,1H3. The molecule has 0 saturated heterocycles. The Kier molecular flexibility index (Phi) is 3.41. The van der Waals surface area contributed by atoms with Gasteiger partial charge in [-0.25, -0.2) is 0 Å². The van der Waals surface area contributed by atoms with E-state index >= 15 is 0 Å². The lowest BCUT2D eigenvalue weighted by molar-refractivity contribution is 0.681. The molecule has 0 amide bonds. The van der Waals surface area contributed by atoms with Crippen molar-refractivity contribution in [2.75, 3.05) is 0 Å². The van der Waals surface area contributed by atoms with Crippen LogP contribution in [-0.2, 0) is 13.0 Å². The van der Waals surface area contributed by atoms with Crippen molar-refractivity contribution in [2.24, 2.45) is 0 Å². The molecule has 15 heavy (non-hydrogen) atoms. The van der Waals surface area contributed by atoms with Gasteiger partial charge in [-0.15, -0.1) is 0 Å². The molecule has 0 aliphatic rings. The number of hydrogen-bond donors (Lipinski definition) is 0. The Morgan fingerprint density at radius 1 is 1.13 bits per heavy atom.